The van der Waals surface area contributed by atoms with Crippen LogP contribution in [0.3, 0.4) is 0 Å². The zero-order chi connectivity index (χ0) is 20.4. The van der Waals surface area contributed by atoms with Crippen molar-refractivity contribution in [1.82, 2.24) is 0 Å². The van der Waals surface area contributed by atoms with Crippen molar-refractivity contribution in [3.8, 4) is 0 Å². The van der Waals surface area contributed by atoms with E-state index >= 15 is 0 Å². The molecule has 0 aromatic heterocycles. The molecule has 1 aliphatic carbocycles. The maximum atomic E-state index is 4.67. The van der Waals surface area contributed by atoms with Crippen LogP contribution in [0.25, 0.3) is 0 Å². The first-order valence-electron chi connectivity index (χ1n) is 11.5. The largest absolute Gasteiger partial charge is 0.195 e. The van der Waals surface area contributed by atoms with Crippen LogP contribution in [0.4, 0.5) is 5.69 Å². The number of aliphatic imine (C=N–C) groups is 1. The lowest BCUT2D eigenvalue weighted by Crippen LogP contribution is -2.29. The molecule has 0 bridgehead atoms. The molecule has 0 amide bonds. The lowest BCUT2D eigenvalue weighted by molar-refractivity contribution is 0.265. The molecule has 2 aromatic rings. The average molecular weight is 406 g/mol. The zero-order valence-electron chi connectivity index (χ0n) is 18.0. The van der Waals surface area contributed by atoms with Crippen LogP contribution in [0.5, 0.6) is 0 Å². The lowest BCUT2D eigenvalue weighted by Gasteiger charge is -2.38. The number of thiocarbonyl (C=S) groups is 1. The van der Waals surface area contributed by atoms with Crippen molar-refractivity contribution in [2.24, 2.45) is 4.99 Å². The van der Waals surface area contributed by atoms with Gasteiger partial charge in [0.2, 0.25) is 0 Å². The third-order valence-electron chi connectivity index (χ3n) is 6.70. The van der Waals surface area contributed by atoms with Crippen molar-refractivity contribution in [2.75, 3.05) is 0 Å². The van der Waals surface area contributed by atoms with E-state index in [4.69, 9.17) is 0 Å². The van der Waals surface area contributed by atoms with Gasteiger partial charge in [0.1, 0.15) is 0 Å². The second kappa shape index (κ2) is 11.4. The van der Waals surface area contributed by atoms with E-state index in [1.807, 2.05) is 12.1 Å². The SMILES string of the molecule is CCCCCCC1(c2ccc(CCc3ccc(N=C=S)cc3)cc2)CCCCC1. The van der Waals surface area contributed by atoms with E-state index in [9.17, 15) is 0 Å². The summed E-state index contributed by atoms with van der Waals surface area (Å²) in [6, 6.07) is 18.0. The highest BCUT2D eigenvalue weighted by Crippen LogP contribution is 2.43. The summed E-state index contributed by atoms with van der Waals surface area (Å²) >= 11 is 4.67. The molecule has 0 radical (unpaired) electrons. The molecule has 0 atom stereocenters. The number of rotatable bonds is 10. The van der Waals surface area contributed by atoms with E-state index in [1.165, 1.54) is 75.3 Å². The second-order valence-electron chi connectivity index (χ2n) is 8.72. The van der Waals surface area contributed by atoms with E-state index in [1.54, 1.807) is 5.56 Å². The number of hydrogen-bond donors (Lipinski definition) is 0. The summed E-state index contributed by atoms with van der Waals surface area (Å²) in [6.45, 7) is 2.30. The highest BCUT2D eigenvalue weighted by molar-refractivity contribution is 7.78. The van der Waals surface area contributed by atoms with Crippen molar-refractivity contribution in [3.05, 3.63) is 65.2 Å². The monoisotopic (exact) mass is 405 g/mol. The van der Waals surface area contributed by atoms with Gasteiger partial charge in [-0.15, -0.1) is 0 Å². The van der Waals surface area contributed by atoms with Crippen molar-refractivity contribution in [3.63, 3.8) is 0 Å². The summed E-state index contributed by atoms with van der Waals surface area (Å²) in [6.07, 6.45) is 16.0. The first-order valence-corrected chi connectivity index (χ1v) is 11.9. The van der Waals surface area contributed by atoms with E-state index in [0.717, 1.165) is 18.5 Å². The van der Waals surface area contributed by atoms with Gasteiger partial charge in [0.25, 0.3) is 0 Å². The van der Waals surface area contributed by atoms with Crippen molar-refractivity contribution >= 4 is 23.1 Å². The number of benzene rings is 2. The molecule has 2 aromatic carbocycles. The van der Waals surface area contributed by atoms with Gasteiger partial charge in [-0.05, 0) is 78.6 Å². The van der Waals surface area contributed by atoms with E-state index in [0.29, 0.717) is 5.41 Å². The molecule has 2 heteroatoms. The van der Waals surface area contributed by atoms with Crippen LogP contribution < -0.4 is 0 Å². The molecule has 29 heavy (non-hydrogen) atoms. The van der Waals surface area contributed by atoms with Gasteiger partial charge in [-0.3, -0.25) is 0 Å². The van der Waals surface area contributed by atoms with Crippen LogP contribution in [0.2, 0.25) is 0 Å². The van der Waals surface area contributed by atoms with Gasteiger partial charge in [0.15, 0.2) is 0 Å². The molecule has 0 spiro atoms. The summed E-state index contributed by atoms with van der Waals surface area (Å²) < 4.78 is 0. The normalized spacial score (nSPS) is 15.6. The molecule has 3 rings (SSSR count). The van der Waals surface area contributed by atoms with Crippen LogP contribution in [-0.2, 0) is 18.3 Å². The first kappa shape index (κ1) is 21.9. The number of aryl methyl sites for hydroxylation is 2. The van der Waals surface area contributed by atoms with E-state index in [2.05, 4.69) is 65.7 Å². The fraction of sp³-hybridized carbons (Fsp3) is 0.519. The van der Waals surface area contributed by atoms with E-state index in [-0.39, 0.29) is 0 Å². The fourth-order valence-electron chi connectivity index (χ4n) is 4.91. The van der Waals surface area contributed by atoms with Gasteiger partial charge in [0.05, 0.1) is 10.8 Å². The molecule has 1 fully saturated rings. The van der Waals surface area contributed by atoms with Gasteiger partial charge < -0.3 is 0 Å². The first-order chi connectivity index (χ1) is 14.3. The minimum Gasteiger partial charge on any atom is -0.195 e. The fourth-order valence-corrected chi connectivity index (χ4v) is 5.01. The molecule has 0 N–H and O–H groups in total. The third kappa shape index (κ3) is 6.36. The van der Waals surface area contributed by atoms with Crippen LogP contribution in [0, 0.1) is 0 Å². The quantitative estimate of drug-likeness (QED) is 0.220. The molecule has 154 valence electrons. The molecule has 1 saturated carbocycles. The average Bonchev–Trinajstić information content (AvgIpc) is 2.77. The lowest BCUT2D eigenvalue weighted by atomic mass is 9.66. The van der Waals surface area contributed by atoms with Gasteiger partial charge in [-0.2, -0.15) is 4.99 Å². The van der Waals surface area contributed by atoms with Gasteiger partial charge in [-0.1, -0.05) is 88.3 Å². The third-order valence-corrected chi connectivity index (χ3v) is 6.79. The number of hydrogen-bond acceptors (Lipinski definition) is 2. The summed E-state index contributed by atoms with van der Waals surface area (Å²) in [5.41, 5.74) is 5.70. The molecule has 0 unspecified atom stereocenters. The smallest absolute Gasteiger partial charge is 0.0739 e. The van der Waals surface area contributed by atoms with Crippen LogP contribution in [-0.4, -0.2) is 5.16 Å². The highest BCUT2D eigenvalue weighted by atomic mass is 32.1. The molecule has 0 saturated heterocycles. The Morgan fingerprint density at radius 1 is 0.828 bits per heavy atom. The maximum Gasteiger partial charge on any atom is 0.0739 e. The van der Waals surface area contributed by atoms with Gasteiger partial charge >= 0.3 is 0 Å². The maximum absolute atomic E-state index is 4.67. The molecular weight excluding hydrogens is 370 g/mol. The van der Waals surface area contributed by atoms with Gasteiger partial charge in [-0.25, -0.2) is 0 Å². The summed E-state index contributed by atoms with van der Waals surface area (Å²) in [5, 5.41) is 2.42. The minimum absolute atomic E-state index is 0.447. The highest BCUT2D eigenvalue weighted by Gasteiger charge is 2.33. The van der Waals surface area contributed by atoms with E-state index < -0.39 is 0 Å². The zero-order valence-corrected chi connectivity index (χ0v) is 18.8. The Kier molecular flexibility index (Phi) is 8.65. The van der Waals surface area contributed by atoms with Crippen LogP contribution in [0.15, 0.2) is 53.5 Å². The minimum atomic E-state index is 0.447. The molecule has 0 aliphatic heterocycles. The number of isothiocyanates is 1. The molecule has 0 heterocycles. The Morgan fingerprint density at radius 2 is 1.45 bits per heavy atom. The predicted molar refractivity (Wildman–Crippen MR) is 129 cm³/mol. The van der Waals surface area contributed by atoms with Gasteiger partial charge in [0, 0.05) is 0 Å². The summed E-state index contributed by atoms with van der Waals surface area (Å²) in [4.78, 5) is 4.02. The van der Waals surface area contributed by atoms with Crippen LogP contribution >= 0.6 is 12.2 Å². The number of nitrogens with zero attached hydrogens (tertiary/aromatic N) is 1. The van der Waals surface area contributed by atoms with Crippen LogP contribution in [0.1, 0.15) is 87.8 Å². The predicted octanol–water partition coefficient (Wildman–Crippen LogP) is 8.38. The standard InChI is InChI=1S/C27H35NS/c1-2-3-4-6-19-27(20-7-5-8-21-27)25-15-11-23(12-16-25)9-10-24-13-17-26(18-14-24)28-22-29/h11-18H,2-10,19-21H2,1H3. The number of unbranched alkanes of at least 4 members (excludes halogenated alkanes) is 3. The second-order valence-corrected chi connectivity index (χ2v) is 8.90. The van der Waals surface area contributed by atoms with Crippen molar-refractivity contribution < 1.29 is 0 Å². The topological polar surface area (TPSA) is 12.4 Å². The molecule has 1 nitrogen and oxygen atoms in total. The van der Waals surface area contributed by atoms with Crippen molar-refractivity contribution in [1.29, 1.82) is 0 Å². The Balaban J connectivity index is 1.61. The van der Waals surface area contributed by atoms with Crippen molar-refractivity contribution in [2.45, 2.75) is 89.4 Å². The Morgan fingerprint density at radius 3 is 2.03 bits per heavy atom. The summed E-state index contributed by atoms with van der Waals surface area (Å²) in [7, 11) is 0. The molecular formula is C27H35NS. The Bertz CT molecular complexity index is 778. The molecule has 1 aliphatic rings. The Labute approximate surface area is 182 Å². The Hall–Kier alpha value is -1.76. The summed E-state index contributed by atoms with van der Waals surface area (Å²) in [5.74, 6) is 0.